The molecule has 0 radical (unpaired) electrons. The fraction of sp³-hybridized carbons (Fsp3) is 0.667. The van der Waals surface area contributed by atoms with Crippen LogP contribution < -0.4 is 11.1 Å². The second kappa shape index (κ2) is 4.07. The van der Waals surface area contributed by atoms with Gasteiger partial charge in [-0.25, -0.2) is 4.98 Å². The Bertz CT molecular complexity index is 266. The molecule has 13 heavy (non-hydrogen) atoms. The Balaban J connectivity index is 2.91. The number of aromatic nitrogens is 1. The lowest BCUT2D eigenvalue weighted by Crippen LogP contribution is -2.31. The van der Waals surface area contributed by atoms with Gasteiger partial charge in [0.25, 0.3) is 0 Å². The van der Waals surface area contributed by atoms with Crippen molar-refractivity contribution < 1.29 is 0 Å². The van der Waals surface area contributed by atoms with Crippen molar-refractivity contribution in [3.05, 3.63) is 11.1 Å². The molecule has 1 heterocycles. The molecule has 1 aromatic rings. The zero-order valence-electron chi connectivity index (χ0n) is 8.42. The van der Waals surface area contributed by atoms with E-state index < -0.39 is 0 Å². The first-order chi connectivity index (χ1) is 6.16. The second-order valence-electron chi connectivity index (χ2n) is 3.41. The van der Waals surface area contributed by atoms with Gasteiger partial charge in [0.05, 0.1) is 5.69 Å². The van der Waals surface area contributed by atoms with Crippen molar-refractivity contribution in [1.29, 1.82) is 0 Å². The van der Waals surface area contributed by atoms with Gasteiger partial charge in [0.2, 0.25) is 0 Å². The van der Waals surface area contributed by atoms with Crippen LogP contribution in [-0.4, -0.2) is 18.6 Å². The van der Waals surface area contributed by atoms with Crippen molar-refractivity contribution in [2.24, 2.45) is 5.73 Å². The molecule has 0 saturated carbocycles. The summed E-state index contributed by atoms with van der Waals surface area (Å²) >= 11 is 1.63. The van der Waals surface area contributed by atoms with E-state index in [1.807, 2.05) is 7.05 Å². The summed E-state index contributed by atoms with van der Waals surface area (Å²) in [6.07, 6.45) is 1.02. The minimum Gasteiger partial charge on any atom is -0.365 e. The van der Waals surface area contributed by atoms with Gasteiger partial charge in [0, 0.05) is 24.4 Å². The molecular formula is C9H17N3S. The maximum atomic E-state index is 5.74. The standard InChI is InChI=1S/C9H17N3S/c1-4-9(2,6-10)7-5-13-8(11-3)12-7/h5H,4,6,10H2,1-3H3,(H,11,12). The Morgan fingerprint density at radius 2 is 2.38 bits per heavy atom. The summed E-state index contributed by atoms with van der Waals surface area (Å²) in [4.78, 5) is 4.47. The third-order valence-electron chi connectivity index (χ3n) is 2.57. The first-order valence-corrected chi connectivity index (χ1v) is 5.38. The maximum absolute atomic E-state index is 5.74. The van der Waals surface area contributed by atoms with E-state index in [0.29, 0.717) is 6.54 Å². The topological polar surface area (TPSA) is 50.9 Å². The normalized spacial score (nSPS) is 15.4. The number of nitrogens with one attached hydrogen (secondary N) is 1. The molecule has 3 N–H and O–H groups in total. The Hall–Kier alpha value is -0.610. The summed E-state index contributed by atoms with van der Waals surface area (Å²) in [7, 11) is 1.88. The summed E-state index contributed by atoms with van der Waals surface area (Å²) < 4.78 is 0. The number of nitrogens with zero attached hydrogens (tertiary/aromatic N) is 1. The van der Waals surface area contributed by atoms with Crippen LogP contribution in [0.2, 0.25) is 0 Å². The predicted molar refractivity (Wildman–Crippen MR) is 58.4 cm³/mol. The van der Waals surface area contributed by atoms with Crippen LogP contribution in [0.25, 0.3) is 0 Å². The molecule has 0 aliphatic heterocycles. The van der Waals surface area contributed by atoms with E-state index in [1.54, 1.807) is 11.3 Å². The lowest BCUT2D eigenvalue weighted by Gasteiger charge is -2.23. The molecule has 3 nitrogen and oxygen atoms in total. The van der Waals surface area contributed by atoms with Crippen LogP contribution in [0.4, 0.5) is 5.13 Å². The van der Waals surface area contributed by atoms with E-state index in [-0.39, 0.29) is 5.41 Å². The first kappa shape index (κ1) is 10.5. The fourth-order valence-electron chi connectivity index (χ4n) is 1.10. The van der Waals surface area contributed by atoms with Gasteiger partial charge in [-0.1, -0.05) is 13.8 Å². The van der Waals surface area contributed by atoms with Gasteiger partial charge in [-0.3, -0.25) is 0 Å². The summed E-state index contributed by atoms with van der Waals surface area (Å²) in [5.41, 5.74) is 6.88. The SMILES string of the molecule is CCC(C)(CN)c1csc(NC)n1. The van der Waals surface area contributed by atoms with Crippen LogP contribution in [0.1, 0.15) is 26.0 Å². The lowest BCUT2D eigenvalue weighted by molar-refractivity contribution is 0.456. The Kier molecular flexibility index (Phi) is 3.27. The average molecular weight is 199 g/mol. The maximum Gasteiger partial charge on any atom is 0.182 e. The number of rotatable bonds is 4. The molecule has 4 heteroatoms. The Morgan fingerprint density at radius 1 is 1.69 bits per heavy atom. The molecule has 0 aliphatic rings. The van der Waals surface area contributed by atoms with E-state index in [0.717, 1.165) is 17.2 Å². The van der Waals surface area contributed by atoms with Gasteiger partial charge in [-0.15, -0.1) is 11.3 Å². The second-order valence-corrected chi connectivity index (χ2v) is 4.26. The molecule has 74 valence electrons. The summed E-state index contributed by atoms with van der Waals surface area (Å²) in [6, 6.07) is 0. The van der Waals surface area contributed by atoms with E-state index in [1.165, 1.54) is 0 Å². The number of anilines is 1. The minimum absolute atomic E-state index is 0.0333. The van der Waals surface area contributed by atoms with Crippen molar-refractivity contribution >= 4 is 16.5 Å². The predicted octanol–water partition coefficient (Wildman–Crippen LogP) is 1.81. The Labute approximate surface area is 83.4 Å². The minimum atomic E-state index is 0.0333. The van der Waals surface area contributed by atoms with E-state index in [9.17, 15) is 0 Å². The van der Waals surface area contributed by atoms with Crippen molar-refractivity contribution in [2.75, 3.05) is 18.9 Å². The number of thiazole rings is 1. The van der Waals surface area contributed by atoms with Gasteiger partial charge < -0.3 is 11.1 Å². The molecule has 0 bridgehead atoms. The summed E-state index contributed by atoms with van der Waals surface area (Å²) in [6.45, 7) is 4.95. The van der Waals surface area contributed by atoms with Crippen LogP contribution >= 0.6 is 11.3 Å². The molecule has 0 saturated heterocycles. The molecule has 0 fully saturated rings. The smallest absolute Gasteiger partial charge is 0.182 e. The van der Waals surface area contributed by atoms with Gasteiger partial charge >= 0.3 is 0 Å². The van der Waals surface area contributed by atoms with E-state index in [2.05, 4.69) is 29.5 Å². The highest BCUT2D eigenvalue weighted by atomic mass is 32.1. The molecule has 0 aromatic carbocycles. The third-order valence-corrected chi connectivity index (χ3v) is 3.43. The van der Waals surface area contributed by atoms with Crippen LogP contribution in [0.3, 0.4) is 0 Å². The van der Waals surface area contributed by atoms with Crippen LogP contribution in [-0.2, 0) is 5.41 Å². The molecule has 1 atom stereocenters. The van der Waals surface area contributed by atoms with Crippen molar-refractivity contribution in [1.82, 2.24) is 4.98 Å². The summed E-state index contributed by atoms with van der Waals surface area (Å²) in [5.74, 6) is 0. The third kappa shape index (κ3) is 2.00. The quantitative estimate of drug-likeness (QED) is 0.777. The van der Waals surface area contributed by atoms with Crippen LogP contribution in [0.15, 0.2) is 5.38 Å². The molecule has 0 amide bonds. The van der Waals surface area contributed by atoms with Gasteiger partial charge in [-0.05, 0) is 6.42 Å². The largest absolute Gasteiger partial charge is 0.365 e. The van der Waals surface area contributed by atoms with Crippen LogP contribution in [0, 0.1) is 0 Å². The first-order valence-electron chi connectivity index (χ1n) is 4.50. The highest BCUT2D eigenvalue weighted by Gasteiger charge is 2.25. The molecule has 0 spiro atoms. The molecule has 1 rings (SSSR count). The highest BCUT2D eigenvalue weighted by molar-refractivity contribution is 7.13. The van der Waals surface area contributed by atoms with Crippen molar-refractivity contribution in [2.45, 2.75) is 25.7 Å². The van der Waals surface area contributed by atoms with Crippen molar-refractivity contribution in [3.8, 4) is 0 Å². The number of hydrogen-bond donors (Lipinski definition) is 2. The number of hydrogen-bond acceptors (Lipinski definition) is 4. The van der Waals surface area contributed by atoms with E-state index in [4.69, 9.17) is 5.73 Å². The van der Waals surface area contributed by atoms with Gasteiger partial charge in [0.15, 0.2) is 5.13 Å². The lowest BCUT2D eigenvalue weighted by atomic mass is 9.85. The molecular weight excluding hydrogens is 182 g/mol. The monoisotopic (exact) mass is 199 g/mol. The Morgan fingerprint density at radius 3 is 2.77 bits per heavy atom. The van der Waals surface area contributed by atoms with Gasteiger partial charge in [-0.2, -0.15) is 0 Å². The number of nitrogens with two attached hydrogens (primary N) is 1. The van der Waals surface area contributed by atoms with Crippen LogP contribution in [0.5, 0.6) is 0 Å². The zero-order chi connectivity index (χ0) is 9.90. The highest BCUT2D eigenvalue weighted by Crippen LogP contribution is 2.28. The summed E-state index contributed by atoms with van der Waals surface area (Å²) in [5, 5.41) is 6.08. The fourth-order valence-corrected chi connectivity index (χ4v) is 1.93. The molecule has 1 aromatic heterocycles. The molecule has 1 unspecified atom stereocenters. The molecule has 0 aliphatic carbocycles. The van der Waals surface area contributed by atoms with Gasteiger partial charge in [0.1, 0.15) is 0 Å². The zero-order valence-corrected chi connectivity index (χ0v) is 9.24. The van der Waals surface area contributed by atoms with Crippen molar-refractivity contribution in [3.63, 3.8) is 0 Å². The average Bonchev–Trinajstić information content (AvgIpc) is 2.65. The van der Waals surface area contributed by atoms with E-state index >= 15 is 0 Å².